The van der Waals surface area contributed by atoms with Gasteiger partial charge in [-0.15, -0.1) is 5.10 Å². The summed E-state index contributed by atoms with van der Waals surface area (Å²) >= 11 is 6.60. The second-order valence-corrected chi connectivity index (χ2v) is 9.40. The quantitative estimate of drug-likeness (QED) is 0.202. The van der Waals surface area contributed by atoms with Crippen LogP contribution in [0.2, 0.25) is 0 Å². The lowest BCUT2D eigenvalue weighted by atomic mass is 10.1. The van der Waals surface area contributed by atoms with Crippen molar-refractivity contribution in [1.82, 2.24) is 36.1 Å². The smallest absolute Gasteiger partial charge is 0.132 e. The van der Waals surface area contributed by atoms with Crippen LogP contribution in [-0.2, 0) is 0 Å². The Bertz CT molecular complexity index is 1400. The van der Waals surface area contributed by atoms with Crippen molar-refractivity contribution in [2.24, 2.45) is 11.7 Å². The molecule has 1 saturated carbocycles. The fourth-order valence-electron chi connectivity index (χ4n) is 3.84. The van der Waals surface area contributed by atoms with Crippen molar-refractivity contribution in [2.45, 2.75) is 40.0 Å². The molecular weight excluding hydrogens is 484 g/mol. The highest BCUT2D eigenvalue weighted by Gasteiger charge is 2.25. The van der Waals surface area contributed by atoms with Crippen LogP contribution < -0.4 is 21.9 Å². The predicted molar refractivity (Wildman–Crippen MR) is 151 cm³/mol. The summed E-state index contributed by atoms with van der Waals surface area (Å²) < 4.78 is 1.88. The number of hydrogen-bond acceptors (Lipinski definition) is 7. The topological polar surface area (TPSA) is 106 Å². The zero-order valence-electron chi connectivity index (χ0n) is 21.4. The predicted octanol–water partition coefficient (Wildman–Crippen LogP) is 5.31. The van der Waals surface area contributed by atoms with Crippen LogP contribution in [0.1, 0.15) is 44.5 Å². The summed E-state index contributed by atoms with van der Waals surface area (Å²) in [5.41, 5.74) is 18.4. The zero-order valence-corrected chi connectivity index (χ0v) is 22.2. The Morgan fingerprint density at radius 2 is 2.08 bits per heavy atom. The van der Waals surface area contributed by atoms with Crippen LogP contribution >= 0.6 is 11.6 Å². The molecule has 37 heavy (non-hydrogen) atoms. The van der Waals surface area contributed by atoms with Crippen molar-refractivity contribution in [1.29, 1.82) is 0 Å². The van der Waals surface area contributed by atoms with Gasteiger partial charge in [-0.25, -0.2) is 4.68 Å². The van der Waals surface area contributed by atoms with Gasteiger partial charge in [-0.1, -0.05) is 55.8 Å². The molecule has 1 unspecified atom stereocenters. The van der Waals surface area contributed by atoms with E-state index in [1.807, 2.05) is 41.9 Å². The number of aromatic nitrogens is 4. The highest BCUT2D eigenvalue weighted by molar-refractivity contribution is 6.32. The molecule has 8 nitrogen and oxygen atoms in total. The number of fused-ring (bicyclic) bond motifs is 1. The first-order valence-electron chi connectivity index (χ1n) is 12.3. The van der Waals surface area contributed by atoms with Gasteiger partial charge in [0.25, 0.3) is 0 Å². The largest absolute Gasteiger partial charge is 0.403 e. The molecule has 0 bridgehead atoms. The maximum Gasteiger partial charge on any atom is 0.132 e. The Balaban J connectivity index is 1.68. The minimum atomic E-state index is 0.341. The molecule has 9 heteroatoms. The fraction of sp³-hybridized carbons (Fsp3) is 0.250. The normalized spacial score (nSPS) is 14.6. The second-order valence-electron chi connectivity index (χ2n) is 8.99. The lowest BCUT2D eigenvalue weighted by Crippen LogP contribution is -2.26. The van der Waals surface area contributed by atoms with Gasteiger partial charge in [0.1, 0.15) is 5.69 Å². The number of halogens is 1. The van der Waals surface area contributed by atoms with Gasteiger partial charge in [0.05, 0.1) is 33.3 Å². The van der Waals surface area contributed by atoms with Crippen molar-refractivity contribution in [3.63, 3.8) is 0 Å². The summed E-state index contributed by atoms with van der Waals surface area (Å²) in [6.45, 7) is 10.4. The average molecular weight is 517 g/mol. The average Bonchev–Trinajstić information content (AvgIpc) is 3.68. The molecule has 0 spiro atoms. The Hall–Kier alpha value is -4.04. The van der Waals surface area contributed by atoms with Gasteiger partial charge in [-0.2, -0.15) is 0 Å². The van der Waals surface area contributed by atoms with Gasteiger partial charge in [0.2, 0.25) is 0 Å². The maximum absolute atomic E-state index is 6.60. The molecule has 0 radical (unpaired) electrons. The van der Waals surface area contributed by atoms with Crippen molar-refractivity contribution < 1.29 is 0 Å². The van der Waals surface area contributed by atoms with Crippen molar-refractivity contribution in [3.05, 3.63) is 101 Å². The first kappa shape index (κ1) is 26.0. The molecule has 1 atom stereocenters. The Labute approximate surface area is 222 Å². The van der Waals surface area contributed by atoms with Crippen LogP contribution in [0.15, 0.2) is 89.7 Å². The Morgan fingerprint density at radius 3 is 2.81 bits per heavy atom. The molecule has 4 rings (SSSR count). The molecule has 0 saturated heterocycles. The van der Waals surface area contributed by atoms with Crippen LogP contribution in [0.4, 0.5) is 0 Å². The Kier molecular flexibility index (Phi) is 8.30. The molecule has 3 aromatic rings. The van der Waals surface area contributed by atoms with Crippen LogP contribution in [0.5, 0.6) is 0 Å². The molecule has 0 aliphatic heterocycles. The number of nitrogens with zero attached hydrogens (tertiary/aromatic N) is 4. The lowest BCUT2D eigenvalue weighted by molar-refractivity contribution is 0.690. The maximum atomic E-state index is 6.60. The molecular formula is C28H33ClN8. The van der Waals surface area contributed by atoms with E-state index in [1.165, 1.54) is 11.8 Å². The van der Waals surface area contributed by atoms with Crippen LogP contribution in [0.3, 0.4) is 0 Å². The van der Waals surface area contributed by atoms with E-state index in [9.17, 15) is 0 Å². The monoisotopic (exact) mass is 516 g/mol. The van der Waals surface area contributed by atoms with Gasteiger partial charge in [0, 0.05) is 29.7 Å². The van der Waals surface area contributed by atoms with E-state index in [0.717, 1.165) is 58.6 Å². The van der Waals surface area contributed by atoms with E-state index in [2.05, 4.69) is 64.0 Å². The summed E-state index contributed by atoms with van der Waals surface area (Å²) in [6, 6.07) is 10.0. The SMILES string of the molecule is C=C(NN/C=C/N)/C(Cl)=C\C(=C/C(C)CC)NC(=C1CC1)c1nnn(-c2cccc3ncccc23)c1C. The summed E-state index contributed by atoms with van der Waals surface area (Å²) in [5.74, 6) is 0.341. The molecule has 1 aromatic carbocycles. The van der Waals surface area contributed by atoms with E-state index >= 15 is 0 Å². The number of nitrogens with two attached hydrogens (primary N) is 1. The van der Waals surface area contributed by atoms with E-state index in [1.54, 1.807) is 12.4 Å². The molecule has 1 aliphatic carbocycles. The van der Waals surface area contributed by atoms with Crippen molar-refractivity contribution in [3.8, 4) is 5.69 Å². The van der Waals surface area contributed by atoms with E-state index < -0.39 is 0 Å². The molecule has 2 aromatic heterocycles. The first-order valence-corrected chi connectivity index (χ1v) is 12.7. The molecule has 1 aliphatic rings. The fourth-order valence-corrected chi connectivity index (χ4v) is 4.01. The summed E-state index contributed by atoms with van der Waals surface area (Å²) in [6.07, 6.45) is 11.8. The molecule has 1 fully saturated rings. The van der Waals surface area contributed by atoms with Crippen LogP contribution in [0, 0.1) is 12.8 Å². The second kappa shape index (κ2) is 11.8. The minimum absolute atomic E-state index is 0.341. The van der Waals surface area contributed by atoms with Gasteiger partial charge in [-0.3, -0.25) is 4.98 Å². The third-order valence-electron chi connectivity index (χ3n) is 6.19. The van der Waals surface area contributed by atoms with Gasteiger partial charge in [0.15, 0.2) is 0 Å². The highest BCUT2D eigenvalue weighted by Crippen LogP contribution is 2.36. The van der Waals surface area contributed by atoms with Crippen molar-refractivity contribution >= 4 is 28.2 Å². The lowest BCUT2D eigenvalue weighted by Gasteiger charge is -2.15. The molecule has 192 valence electrons. The van der Waals surface area contributed by atoms with E-state index in [-0.39, 0.29) is 0 Å². The number of pyridine rings is 1. The van der Waals surface area contributed by atoms with Gasteiger partial charge < -0.3 is 21.9 Å². The number of benzene rings is 1. The van der Waals surface area contributed by atoms with Crippen LogP contribution in [-0.4, -0.2) is 20.0 Å². The third-order valence-corrected chi connectivity index (χ3v) is 6.52. The van der Waals surface area contributed by atoms with E-state index in [0.29, 0.717) is 16.6 Å². The van der Waals surface area contributed by atoms with Gasteiger partial charge >= 0.3 is 0 Å². The summed E-state index contributed by atoms with van der Waals surface area (Å²) in [5, 5.41) is 14.3. The zero-order chi connectivity index (χ0) is 26.4. The number of rotatable bonds is 11. The molecule has 5 N–H and O–H groups in total. The minimum Gasteiger partial charge on any atom is -0.403 e. The van der Waals surface area contributed by atoms with Gasteiger partial charge in [-0.05, 0) is 61.6 Å². The number of allylic oxidation sites excluding steroid dienone is 4. The highest BCUT2D eigenvalue weighted by atomic mass is 35.5. The third kappa shape index (κ3) is 6.21. The molecule has 0 amide bonds. The number of hydrogen-bond donors (Lipinski definition) is 4. The van der Waals surface area contributed by atoms with E-state index in [4.69, 9.17) is 17.3 Å². The summed E-state index contributed by atoms with van der Waals surface area (Å²) in [7, 11) is 0. The number of nitrogens with one attached hydrogen (secondary N) is 3. The number of hydrazine groups is 1. The summed E-state index contributed by atoms with van der Waals surface area (Å²) in [4.78, 5) is 4.48. The Morgan fingerprint density at radius 1 is 1.27 bits per heavy atom. The molecule has 2 heterocycles. The van der Waals surface area contributed by atoms with Crippen molar-refractivity contribution in [2.75, 3.05) is 0 Å². The van der Waals surface area contributed by atoms with Crippen LogP contribution in [0.25, 0.3) is 22.3 Å². The first-order chi connectivity index (χ1) is 17.9. The standard InChI is InChI=1S/C28H33ClN8/c1-5-18(2)16-22(17-24(29)19(3)34-32-15-13-30)33-28(21-11-12-21)27-20(4)37(36-35-27)26-10-6-9-25-23(26)8-7-14-31-25/h6-10,13-18,32-34H,3,5,11-12,30H2,1-2,4H3/b15-13+,22-16+,24-17+.